The first kappa shape index (κ1) is 14.1. The number of carbonyl (C=O) groups excluding carboxylic acids is 1. The lowest BCUT2D eigenvalue weighted by Crippen LogP contribution is -2.24. The molecule has 2 rings (SSSR count). The number of aryl methyl sites for hydroxylation is 1. The Labute approximate surface area is 116 Å². The third-order valence-electron chi connectivity index (χ3n) is 3.04. The summed E-state index contributed by atoms with van der Waals surface area (Å²) in [7, 11) is 1.59. The Kier molecular flexibility index (Phi) is 4.37. The molecule has 1 aromatic heterocycles. The minimum Gasteiger partial charge on any atom is -0.496 e. The highest BCUT2D eigenvalue weighted by molar-refractivity contribution is 5.78. The second kappa shape index (κ2) is 6.21. The van der Waals surface area contributed by atoms with Gasteiger partial charge in [-0.3, -0.25) is 14.7 Å². The van der Waals surface area contributed by atoms with Gasteiger partial charge in [0.05, 0.1) is 12.8 Å². The molecule has 0 bridgehead atoms. The highest BCUT2D eigenvalue weighted by atomic mass is 16.5. The third kappa shape index (κ3) is 2.97. The number of aromatic amines is 1. The number of rotatable bonds is 5. The molecular formula is C14H17N3O3. The van der Waals surface area contributed by atoms with Gasteiger partial charge >= 0.3 is 0 Å². The van der Waals surface area contributed by atoms with Crippen molar-refractivity contribution in [2.75, 3.05) is 7.11 Å². The first-order valence-electron chi connectivity index (χ1n) is 6.32. The molecule has 0 unspecified atom stereocenters. The summed E-state index contributed by atoms with van der Waals surface area (Å²) < 4.78 is 6.22. The second-order valence-corrected chi connectivity index (χ2v) is 4.36. The molecule has 1 aromatic carbocycles. The van der Waals surface area contributed by atoms with Crippen LogP contribution in [0.5, 0.6) is 5.75 Å². The maximum absolute atomic E-state index is 12.0. The largest absolute Gasteiger partial charge is 0.496 e. The molecule has 0 fully saturated rings. The first-order valence-corrected chi connectivity index (χ1v) is 6.32. The molecule has 0 saturated heterocycles. The number of nitrogens with two attached hydrogens (primary N) is 1. The lowest BCUT2D eigenvalue weighted by atomic mass is 10.1. The van der Waals surface area contributed by atoms with Gasteiger partial charge in [0, 0.05) is 19.0 Å². The van der Waals surface area contributed by atoms with Crippen molar-refractivity contribution in [2.24, 2.45) is 5.73 Å². The lowest BCUT2D eigenvalue weighted by molar-refractivity contribution is 0.0882. The van der Waals surface area contributed by atoms with Gasteiger partial charge in [0.25, 0.3) is 5.56 Å². The number of hydrogen-bond acceptors (Lipinski definition) is 4. The van der Waals surface area contributed by atoms with Gasteiger partial charge in [0.2, 0.25) is 5.91 Å². The Hall–Kier alpha value is -2.34. The number of carbonyl (C=O) groups is 1. The Bertz CT molecular complexity index is 658. The average molecular weight is 275 g/mol. The molecule has 0 aliphatic rings. The molecule has 0 amide bonds. The zero-order valence-electron chi connectivity index (χ0n) is 11.3. The lowest BCUT2D eigenvalue weighted by Gasteiger charge is -2.07. The van der Waals surface area contributed by atoms with Gasteiger partial charge in [-0.05, 0) is 18.1 Å². The van der Waals surface area contributed by atoms with Crippen LogP contribution in [0.3, 0.4) is 0 Å². The Morgan fingerprint density at radius 1 is 1.40 bits per heavy atom. The summed E-state index contributed by atoms with van der Waals surface area (Å²) in [5, 5.41) is 2.69. The number of H-pyrrole nitrogens is 1. The number of aromatic nitrogens is 2. The van der Waals surface area contributed by atoms with Crippen LogP contribution in [0.15, 0.2) is 35.1 Å². The van der Waals surface area contributed by atoms with Crippen molar-refractivity contribution in [1.82, 2.24) is 9.78 Å². The third-order valence-corrected chi connectivity index (χ3v) is 3.04. The van der Waals surface area contributed by atoms with E-state index in [4.69, 9.17) is 10.5 Å². The smallest absolute Gasteiger partial charge is 0.273 e. The van der Waals surface area contributed by atoms with Gasteiger partial charge in [0.15, 0.2) is 0 Å². The van der Waals surface area contributed by atoms with Crippen molar-refractivity contribution in [3.05, 3.63) is 51.9 Å². The molecule has 0 spiro atoms. The van der Waals surface area contributed by atoms with E-state index >= 15 is 0 Å². The number of hydrogen-bond donors (Lipinski definition) is 2. The number of benzene rings is 1. The van der Waals surface area contributed by atoms with Crippen molar-refractivity contribution in [1.29, 1.82) is 0 Å². The quantitative estimate of drug-likeness (QED) is 0.849. The molecule has 6 nitrogen and oxygen atoms in total. The molecule has 0 radical (unpaired) electrons. The topological polar surface area (TPSA) is 90.1 Å². The predicted octanol–water partition coefficient (Wildman–Crippen LogP) is 0.917. The number of methoxy groups -OCH3 is 1. The monoisotopic (exact) mass is 275 g/mol. The molecule has 6 heteroatoms. The summed E-state index contributed by atoms with van der Waals surface area (Å²) in [6.45, 7) is 0.196. The summed E-state index contributed by atoms with van der Waals surface area (Å²) in [5.41, 5.74) is 6.52. The summed E-state index contributed by atoms with van der Waals surface area (Å²) in [5.74, 6) is 0.447. The van der Waals surface area contributed by atoms with Crippen LogP contribution in [-0.2, 0) is 13.0 Å². The van der Waals surface area contributed by atoms with Crippen molar-refractivity contribution < 1.29 is 9.53 Å². The fraction of sp³-hybridized carbons (Fsp3) is 0.286. The second-order valence-electron chi connectivity index (χ2n) is 4.36. The zero-order chi connectivity index (χ0) is 14.5. The molecule has 1 heterocycles. The molecule has 0 saturated carbocycles. The highest BCUT2D eigenvalue weighted by Gasteiger charge is 2.11. The summed E-state index contributed by atoms with van der Waals surface area (Å²) >= 11 is 0. The van der Waals surface area contributed by atoms with Crippen LogP contribution < -0.4 is 16.0 Å². The van der Waals surface area contributed by atoms with E-state index in [0.717, 1.165) is 16.0 Å². The number of nitrogens with zero attached hydrogens (tertiary/aromatic N) is 1. The van der Waals surface area contributed by atoms with Crippen LogP contribution >= 0.6 is 0 Å². The molecule has 0 atom stereocenters. The van der Waals surface area contributed by atoms with Crippen molar-refractivity contribution in [3.8, 4) is 5.75 Å². The molecule has 106 valence electrons. The van der Waals surface area contributed by atoms with E-state index in [1.807, 2.05) is 24.3 Å². The van der Waals surface area contributed by atoms with Crippen LogP contribution in [0.1, 0.15) is 22.5 Å². The van der Waals surface area contributed by atoms with E-state index in [0.29, 0.717) is 12.1 Å². The van der Waals surface area contributed by atoms with Crippen molar-refractivity contribution in [2.45, 2.75) is 19.4 Å². The van der Waals surface area contributed by atoms with Gasteiger partial charge in [-0.1, -0.05) is 18.2 Å². The molecule has 0 aliphatic carbocycles. The Morgan fingerprint density at radius 3 is 2.80 bits per heavy atom. The summed E-state index contributed by atoms with van der Waals surface area (Å²) in [4.78, 5) is 23.6. The first-order chi connectivity index (χ1) is 9.65. The summed E-state index contributed by atoms with van der Waals surface area (Å²) in [6.07, 6.45) is 0.719. The van der Waals surface area contributed by atoms with Crippen LogP contribution in [0.4, 0.5) is 0 Å². The zero-order valence-corrected chi connectivity index (χ0v) is 11.3. The number of ether oxygens (including phenoxy) is 1. The van der Waals surface area contributed by atoms with Gasteiger partial charge < -0.3 is 10.5 Å². The normalized spacial score (nSPS) is 10.5. The van der Waals surface area contributed by atoms with E-state index < -0.39 is 0 Å². The SMILES string of the molecule is COc1ccccc1CCC(=O)n1[nH]c(CN)cc1=O. The Morgan fingerprint density at radius 2 is 2.15 bits per heavy atom. The fourth-order valence-corrected chi connectivity index (χ4v) is 2.00. The Balaban J connectivity index is 2.08. The molecule has 2 aromatic rings. The van der Waals surface area contributed by atoms with E-state index in [2.05, 4.69) is 5.10 Å². The van der Waals surface area contributed by atoms with Crippen LogP contribution in [-0.4, -0.2) is 22.8 Å². The standard InChI is InChI=1S/C14H17N3O3/c1-20-12-5-3-2-4-10(12)6-7-13(18)17-14(19)8-11(9-15)16-17/h2-5,8,16H,6-7,9,15H2,1H3. The maximum Gasteiger partial charge on any atom is 0.273 e. The fourth-order valence-electron chi connectivity index (χ4n) is 2.00. The van der Waals surface area contributed by atoms with E-state index in [-0.39, 0.29) is 24.4 Å². The van der Waals surface area contributed by atoms with E-state index in [1.165, 1.54) is 6.07 Å². The minimum absolute atomic E-state index is 0.196. The van der Waals surface area contributed by atoms with E-state index in [9.17, 15) is 9.59 Å². The van der Waals surface area contributed by atoms with Crippen molar-refractivity contribution in [3.63, 3.8) is 0 Å². The van der Waals surface area contributed by atoms with Gasteiger partial charge in [-0.25, -0.2) is 0 Å². The number of nitrogens with one attached hydrogen (secondary N) is 1. The maximum atomic E-state index is 12.0. The number of para-hydroxylation sites is 1. The van der Waals surface area contributed by atoms with Crippen LogP contribution in [0, 0.1) is 0 Å². The molecule has 3 N–H and O–H groups in total. The van der Waals surface area contributed by atoms with Gasteiger partial charge in [-0.2, -0.15) is 4.68 Å². The molecular weight excluding hydrogens is 258 g/mol. The van der Waals surface area contributed by atoms with Crippen molar-refractivity contribution >= 4 is 5.91 Å². The molecule has 0 aliphatic heterocycles. The summed E-state index contributed by atoms with van der Waals surface area (Å²) in [6, 6.07) is 8.83. The van der Waals surface area contributed by atoms with E-state index in [1.54, 1.807) is 7.11 Å². The van der Waals surface area contributed by atoms with Crippen LogP contribution in [0.2, 0.25) is 0 Å². The van der Waals surface area contributed by atoms with Gasteiger partial charge in [0.1, 0.15) is 5.75 Å². The average Bonchev–Trinajstić information content (AvgIpc) is 2.86. The van der Waals surface area contributed by atoms with Gasteiger partial charge in [-0.15, -0.1) is 0 Å². The molecule has 20 heavy (non-hydrogen) atoms. The predicted molar refractivity (Wildman–Crippen MR) is 74.9 cm³/mol. The van der Waals surface area contributed by atoms with Crippen LogP contribution in [0.25, 0.3) is 0 Å². The minimum atomic E-state index is -0.379. The highest BCUT2D eigenvalue weighted by Crippen LogP contribution is 2.18.